The summed E-state index contributed by atoms with van der Waals surface area (Å²) in [6.45, 7) is 5.17. The minimum Gasteiger partial charge on any atom is -0.550 e. The van der Waals surface area contributed by atoms with Gasteiger partial charge in [-0.15, -0.1) is 0 Å². The molecule has 0 aliphatic carbocycles. The summed E-state index contributed by atoms with van der Waals surface area (Å²) < 4.78 is 10.7. The molecule has 8 nitrogen and oxygen atoms in total. The quantitative estimate of drug-likeness (QED) is 0.109. The molecular weight excluding hydrogens is 510 g/mol. The van der Waals surface area contributed by atoms with E-state index in [-0.39, 0.29) is 59.1 Å². The Labute approximate surface area is 272 Å². The van der Waals surface area contributed by atoms with Crippen LogP contribution in [0.2, 0.25) is 0 Å². The monoisotopic (exact) mass is 552 g/mol. The van der Waals surface area contributed by atoms with Crippen molar-refractivity contribution in [1.82, 2.24) is 0 Å². The molecule has 0 unspecified atom stereocenters. The third-order valence-corrected chi connectivity index (χ3v) is 5.36. The average Bonchev–Trinajstić information content (AvgIpc) is 2.86. The van der Waals surface area contributed by atoms with Crippen molar-refractivity contribution in [3.8, 4) is 0 Å². The van der Waals surface area contributed by atoms with Crippen LogP contribution < -0.4 is 69.3 Å². The van der Waals surface area contributed by atoms with Crippen LogP contribution in [0, 0.1) is 0 Å². The molecule has 0 aromatic heterocycles. The number of hydrogen-bond donors (Lipinski definition) is 0. The molecule has 0 saturated carbocycles. The Morgan fingerprint density at radius 1 is 0.579 bits per heavy atom. The van der Waals surface area contributed by atoms with Gasteiger partial charge in [-0.05, 0) is 37.8 Å². The van der Waals surface area contributed by atoms with Crippen LogP contribution in [0.1, 0.15) is 124 Å². The zero-order valence-corrected chi connectivity index (χ0v) is 27.9. The fourth-order valence-corrected chi connectivity index (χ4v) is 3.29. The van der Waals surface area contributed by atoms with E-state index in [4.69, 9.17) is 9.47 Å². The Balaban J connectivity index is -0.00000106. The van der Waals surface area contributed by atoms with Crippen molar-refractivity contribution in [2.24, 2.45) is 0 Å². The second-order valence-electron chi connectivity index (χ2n) is 8.60. The number of benzene rings is 1. The van der Waals surface area contributed by atoms with Gasteiger partial charge in [0.2, 0.25) is 0 Å². The van der Waals surface area contributed by atoms with Crippen LogP contribution in [-0.4, -0.2) is 37.1 Å². The number of hydrogen-bond acceptors (Lipinski definition) is 8. The summed E-state index contributed by atoms with van der Waals surface area (Å²) in [6.07, 6.45) is 12.7. The molecule has 1 rings (SSSR count). The standard InChI is InChI=1S/C24H38O4.C4H6O4.2Na/c1-3-5-7-9-11-15-19-27-23(25)21-17-13-14-18-22(21)24(26)28-20-16-12-10-8-6-4-2;5-3(6)1-2-4(7)8;;/h13-14,17-18H,3-12,15-16,19-20H2,1-2H3;1-2H2,(H,5,6)(H,7,8);;/q;;2*+1/p-2. The summed E-state index contributed by atoms with van der Waals surface area (Å²) >= 11 is 0. The second kappa shape index (κ2) is 29.1. The van der Waals surface area contributed by atoms with Crippen molar-refractivity contribution in [2.75, 3.05) is 13.2 Å². The maximum absolute atomic E-state index is 12.4. The molecule has 0 atom stereocenters. The average molecular weight is 553 g/mol. The van der Waals surface area contributed by atoms with Gasteiger partial charge < -0.3 is 29.3 Å². The van der Waals surface area contributed by atoms with Gasteiger partial charge in [0, 0.05) is 11.9 Å². The summed E-state index contributed by atoms with van der Waals surface area (Å²) in [6, 6.07) is 6.74. The van der Waals surface area contributed by atoms with Crippen LogP contribution >= 0.6 is 0 Å². The Morgan fingerprint density at radius 3 is 1.21 bits per heavy atom. The molecule has 0 N–H and O–H groups in total. The molecule has 0 heterocycles. The zero-order chi connectivity index (χ0) is 27.0. The molecule has 0 bridgehead atoms. The summed E-state index contributed by atoms with van der Waals surface area (Å²) in [5, 5.41) is 19.0. The van der Waals surface area contributed by atoms with Gasteiger partial charge in [0.15, 0.2) is 0 Å². The molecule has 1 aromatic carbocycles. The first-order valence-corrected chi connectivity index (χ1v) is 13.2. The van der Waals surface area contributed by atoms with Gasteiger partial charge >= 0.3 is 71.1 Å². The van der Waals surface area contributed by atoms with E-state index in [1.807, 2.05) is 0 Å². The van der Waals surface area contributed by atoms with Gasteiger partial charge in [-0.3, -0.25) is 0 Å². The normalized spacial score (nSPS) is 9.63. The number of rotatable bonds is 19. The number of carboxylic acid groups (broad SMARTS) is 2. The van der Waals surface area contributed by atoms with E-state index in [2.05, 4.69) is 13.8 Å². The zero-order valence-electron chi connectivity index (χ0n) is 23.9. The summed E-state index contributed by atoms with van der Waals surface area (Å²) in [5.41, 5.74) is 0.586. The molecule has 0 fully saturated rings. The fourth-order valence-electron chi connectivity index (χ4n) is 3.29. The number of ether oxygens (including phenoxy) is 2. The van der Waals surface area contributed by atoms with Crippen LogP contribution in [0.5, 0.6) is 0 Å². The maximum Gasteiger partial charge on any atom is 1.00 e. The van der Waals surface area contributed by atoms with Crippen molar-refractivity contribution >= 4 is 23.9 Å². The fraction of sp³-hybridized carbons (Fsp3) is 0.643. The Kier molecular flexibility index (Phi) is 31.8. The molecule has 0 amide bonds. The minimum absolute atomic E-state index is 0. The van der Waals surface area contributed by atoms with E-state index in [0.717, 1.165) is 25.7 Å². The molecule has 38 heavy (non-hydrogen) atoms. The first-order chi connectivity index (χ1) is 17.3. The van der Waals surface area contributed by atoms with Crippen molar-refractivity contribution < 1.29 is 98.0 Å². The topological polar surface area (TPSA) is 133 Å². The molecule has 0 aliphatic heterocycles. The molecule has 0 aliphatic rings. The Bertz CT molecular complexity index is 708. The summed E-state index contributed by atoms with van der Waals surface area (Å²) in [7, 11) is 0. The smallest absolute Gasteiger partial charge is 0.550 e. The van der Waals surface area contributed by atoms with Crippen molar-refractivity contribution in [3.63, 3.8) is 0 Å². The SMILES string of the molecule is CCCCCCCCOC(=O)c1ccccc1C(=O)OCCCCCCCC.O=C([O-])CCC(=O)[O-].[Na+].[Na+]. The second-order valence-corrected chi connectivity index (χ2v) is 8.60. The molecule has 0 radical (unpaired) electrons. The molecular formula is C28H42Na2O8. The van der Waals surface area contributed by atoms with Crippen LogP contribution in [0.3, 0.4) is 0 Å². The van der Waals surface area contributed by atoms with Crippen LogP contribution in [-0.2, 0) is 19.1 Å². The third kappa shape index (κ3) is 24.2. The van der Waals surface area contributed by atoms with Crippen LogP contribution in [0.25, 0.3) is 0 Å². The number of esters is 2. The van der Waals surface area contributed by atoms with Crippen molar-refractivity contribution in [1.29, 1.82) is 0 Å². The van der Waals surface area contributed by atoms with Crippen LogP contribution in [0.15, 0.2) is 24.3 Å². The summed E-state index contributed by atoms with van der Waals surface area (Å²) in [5.74, 6) is -3.62. The molecule has 0 saturated heterocycles. The predicted octanol–water partition coefficient (Wildman–Crippen LogP) is -2.00. The number of unbranched alkanes of at least 4 members (excludes halogenated alkanes) is 10. The number of carboxylic acids is 2. The molecule has 10 heteroatoms. The van der Waals surface area contributed by atoms with E-state index >= 15 is 0 Å². The van der Waals surface area contributed by atoms with E-state index in [1.54, 1.807) is 24.3 Å². The van der Waals surface area contributed by atoms with E-state index in [1.165, 1.54) is 51.4 Å². The maximum atomic E-state index is 12.4. The predicted molar refractivity (Wildman–Crippen MR) is 133 cm³/mol. The Morgan fingerprint density at radius 2 is 0.895 bits per heavy atom. The molecule has 1 aromatic rings. The number of carbonyl (C=O) groups is 4. The molecule has 0 spiro atoms. The van der Waals surface area contributed by atoms with E-state index in [0.29, 0.717) is 24.3 Å². The molecule has 204 valence electrons. The van der Waals surface area contributed by atoms with Crippen molar-refractivity contribution in [2.45, 2.75) is 104 Å². The minimum atomic E-state index is -1.37. The van der Waals surface area contributed by atoms with Crippen LogP contribution in [0.4, 0.5) is 0 Å². The number of aliphatic carboxylic acids is 2. The van der Waals surface area contributed by atoms with Gasteiger partial charge in [-0.25, -0.2) is 9.59 Å². The van der Waals surface area contributed by atoms with Gasteiger partial charge in [0.1, 0.15) is 0 Å². The van der Waals surface area contributed by atoms with E-state index in [9.17, 15) is 29.4 Å². The van der Waals surface area contributed by atoms with Gasteiger partial charge in [0.05, 0.1) is 24.3 Å². The van der Waals surface area contributed by atoms with Gasteiger partial charge in [-0.1, -0.05) is 90.2 Å². The van der Waals surface area contributed by atoms with Gasteiger partial charge in [-0.2, -0.15) is 0 Å². The number of carbonyl (C=O) groups excluding carboxylic acids is 4. The van der Waals surface area contributed by atoms with E-state index < -0.39 is 36.7 Å². The Hall–Kier alpha value is -0.900. The van der Waals surface area contributed by atoms with Gasteiger partial charge in [0.25, 0.3) is 0 Å². The first-order valence-electron chi connectivity index (χ1n) is 13.2. The third-order valence-electron chi connectivity index (χ3n) is 5.36. The van der Waals surface area contributed by atoms with Crippen molar-refractivity contribution in [3.05, 3.63) is 35.4 Å². The summed E-state index contributed by atoms with van der Waals surface area (Å²) in [4.78, 5) is 43.7. The first kappa shape index (κ1) is 41.6. The largest absolute Gasteiger partial charge is 1.00 e.